The van der Waals surface area contributed by atoms with Crippen molar-refractivity contribution in [3.63, 3.8) is 0 Å². The summed E-state index contributed by atoms with van der Waals surface area (Å²) in [5.74, 6) is 0.712. The number of piperidine rings is 1. The average molecular weight is 395 g/mol. The van der Waals surface area contributed by atoms with Crippen molar-refractivity contribution in [3.8, 4) is 5.75 Å². The highest BCUT2D eigenvalue weighted by Crippen LogP contribution is 2.24. The first kappa shape index (κ1) is 21.5. The second-order valence-corrected chi connectivity index (χ2v) is 8.08. The number of nitrogens with zero attached hydrogens (tertiary/aromatic N) is 2. The highest BCUT2D eigenvalue weighted by Gasteiger charge is 2.25. The molecule has 0 amide bonds. The van der Waals surface area contributed by atoms with Crippen LogP contribution in [0, 0.1) is 11.7 Å². The van der Waals surface area contributed by atoms with E-state index in [1.807, 2.05) is 12.1 Å². The maximum atomic E-state index is 13.8. The summed E-state index contributed by atoms with van der Waals surface area (Å²) in [6.45, 7) is 7.82. The monoisotopic (exact) mass is 394 g/mol. The van der Waals surface area contributed by atoms with Crippen molar-refractivity contribution in [2.45, 2.75) is 38.3 Å². The van der Waals surface area contributed by atoms with Crippen LogP contribution in [0.1, 0.15) is 31.2 Å². The van der Waals surface area contributed by atoms with E-state index in [-0.39, 0.29) is 5.82 Å². The van der Waals surface area contributed by atoms with Gasteiger partial charge in [0.2, 0.25) is 0 Å². The van der Waals surface area contributed by atoms with Crippen molar-refractivity contribution in [3.05, 3.63) is 29.6 Å². The molecule has 0 aromatic heterocycles. The lowest BCUT2D eigenvalue weighted by molar-refractivity contribution is 0.0551. The van der Waals surface area contributed by atoms with Crippen LogP contribution in [0.25, 0.3) is 0 Å². The molecule has 28 heavy (non-hydrogen) atoms. The molecule has 5 nitrogen and oxygen atoms in total. The molecule has 1 aromatic carbocycles. The molecule has 0 radical (unpaired) electrons. The van der Waals surface area contributed by atoms with Crippen LogP contribution in [0.5, 0.6) is 5.75 Å². The lowest BCUT2D eigenvalue weighted by atomic mass is 9.95. The van der Waals surface area contributed by atoms with Crippen LogP contribution in [0.2, 0.25) is 0 Å². The molecule has 6 heteroatoms. The zero-order chi connectivity index (χ0) is 19.8. The zero-order valence-corrected chi connectivity index (χ0v) is 17.4. The molecular weight excluding hydrogens is 359 g/mol. The smallest absolute Gasteiger partial charge is 0.165 e. The molecule has 2 saturated heterocycles. The van der Waals surface area contributed by atoms with Crippen molar-refractivity contribution >= 4 is 0 Å². The van der Waals surface area contributed by atoms with Gasteiger partial charge in [-0.1, -0.05) is 6.07 Å². The van der Waals surface area contributed by atoms with E-state index in [1.165, 1.54) is 26.0 Å². The second kappa shape index (κ2) is 11.1. The summed E-state index contributed by atoms with van der Waals surface area (Å²) >= 11 is 0. The third-order valence-corrected chi connectivity index (χ3v) is 5.94. The fraction of sp³-hybridized carbons (Fsp3) is 0.727. The topological polar surface area (TPSA) is 34.2 Å². The summed E-state index contributed by atoms with van der Waals surface area (Å²) in [7, 11) is 3.28. The van der Waals surface area contributed by atoms with Crippen LogP contribution in [0.3, 0.4) is 0 Å². The summed E-state index contributed by atoms with van der Waals surface area (Å²) in [5.41, 5.74) is 1.09. The van der Waals surface area contributed by atoms with E-state index >= 15 is 0 Å². The van der Waals surface area contributed by atoms with Crippen molar-refractivity contribution < 1.29 is 18.6 Å². The molecule has 2 fully saturated rings. The van der Waals surface area contributed by atoms with Gasteiger partial charge in [0, 0.05) is 39.9 Å². The van der Waals surface area contributed by atoms with Gasteiger partial charge in [-0.2, -0.15) is 0 Å². The Bertz CT molecular complexity index is 587. The quantitative estimate of drug-likeness (QED) is 0.609. The maximum Gasteiger partial charge on any atom is 0.165 e. The highest BCUT2D eigenvalue weighted by atomic mass is 19.1. The van der Waals surface area contributed by atoms with Crippen LogP contribution >= 0.6 is 0 Å². The second-order valence-electron chi connectivity index (χ2n) is 8.08. The third kappa shape index (κ3) is 6.41. The van der Waals surface area contributed by atoms with E-state index in [0.29, 0.717) is 17.8 Å². The van der Waals surface area contributed by atoms with E-state index in [4.69, 9.17) is 14.2 Å². The first-order chi connectivity index (χ1) is 13.7. The van der Waals surface area contributed by atoms with E-state index in [1.54, 1.807) is 7.11 Å². The number of halogens is 1. The Morgan fingerprint density at radius 3 is 2.68 bits per heavy atom. The Morgan fingerprint density at radius 2 is 2.00 bits per heavy atom. The number of hydrogen-bond donors (Lipinski definition) is 0. The molecule has 1 aromatic rings. The number of benzene rings is 1. The van der Waals surface area contributed by atoms with E-state index < -0.39 is 0 Å². The minimum absolute atomic E-state index is 0.305. The van der Waals surface area contributed by atoms with Gasteiger partial charge in [-0.05, 0) is 62.4 Å². The Hall–Kier alpha value is -1.21. The number of methoxy groups -OCH3 is 2. The maximum absolute atomic E-state index is 13.8. The Morgan fingerprint density at radius 1 is 1.18 bits per heavy atom. The normalized spacial score (nSPS) is 21.5. The van der Waals surface area contributed by atoms with Crippen molar-refractivity contribution in [1.82, 2.24) is 9.80 Å². The van der Waals surface area contributed by atoms with E-state index in [2.05, 4.69) is 9.80 Å². The van der Waals surface area contributed by atoms with Crippen LogP contribution in [0.4, 0.5) is 4.39 Å². The predicted octanol–water partition coefficient (Wildman–Crippen LogP) is 3.17. The molecule has 0 aliphatic carbocycles. The molecule has 2 aliphatic heterocycles. The zero-order valence-electron chi connectivity index (χ0n) is 17.4. The minimum Gasteiger partial charge on any atom is -0.494 e. The third-order valence-electron chi connectivity index (χ3n) is 5.94. The molecule has 0 N–H and O–H groups in total. The fourth-order valence-corrected chi connectivity index (χ4v) is 4.32. The van der Waals surface area contributed by atoms with Crippen LogP contribution in [-0.2, 0) is 16.0 Å². The molecule has 1 atom stereocenters. The standard InChI is InChI=1S/C22H35FN2O3/c1-26-13-11-24-9-7-18(8-10-24)15-25(17-20-4-3-12-28-20)16-19-5-6-21(23)22(14-19)27-2/h5-6,14,18,20H,3-4,7-13,15-17H2,1-2H3/t20-/m0/s1. The van der Waals surface area contributed by atoms with Gasteiger partial charge in [0.15, 0.2) is 11.6 Å². The lowest BCUT2D eigenvalue weighted by Gasteiger charge is -2.35. The van der Waals surface area contributed by atoms with Gasteiger partial charge in [-0.25, -0.2) is 4.39 Å². The molecule has 0 spiro atoms. The van der Waals surface area contributed by atoms with Crippen molar-refractivity contribution in [2.75, 3.05) is 60.2 Å². The minimum atomic E-state index is -0.305. The lowest BCUT2D eigenvalue weighted by Crippen LogP contribution is -2.41. The first-order valence-corrected chi connectivity index (χ1v) is 10.6. The highest BCUT2D eigenvalue weighted by molar-refractivity contribution is 5.30. The SMILES string of the molecule is COCCN1CCC(CN(Cc2ccc(F)c(OC)c2)C[C@@H]2CCCO2)CC1. The van der Waals surface area contributed by atoms with Crippen molar-refractivity contribution in [1.29, 1.82) is 0 Å². The van der Waals surface area contributed by atoms with Gasteiger partial charge in [0.25, 0.3) is 0 Å². The molecule has 2 heterocycles. The van der Waals surface area contributed by atoms with Gasteiger partial charge >= 0.3 is 0 Å². The molecule has 0 unspecified atom stereocenters. The van der Waals surface area contributed by atoms with Gasteiger partial charge in [0.1, 0.15) is 0 Å². The molecular formula is C22H35FN2O3. The van der Waals surface area contributed by atoms with Crippen LogP contribution in [-0.4, -0.2) is 76.1 Å². The Balaban J connectivity index is 1.57. The number of likely N-dealkylation sites (tertiary alicyclic amines) is 1. The van der Waals surface area contributed by atoms with E-state index in [9.17, 15) is 4.39 Å². The van der Waals surface area contributed by atoms with Gasteiger partial charge in [-0.15, -0.1) is 0 Å². The number of ether oxygens (including phenoxy) is 3. The predicted molar refractivity (Wildman–Crippen MR) is 108 cm³/mol. The molecule has 3 rings (SSSR count). The van der Waals surface area contributed by atoms with Crippen LogP contribution < -0.4 is 4.74 Å². The van der Waals surface area contributed by atoms with E-state index in [0.717, 1.165) is 70.9 Å². The average Bonchev–Trinajstić information content (AvgIpc) is 3.22. The summed E-state index contributed by atoms with van der Waals surface area (Å²) in [6, 6.07) is 5.20. The summed E-state index contributed by atoms with van der Waals surface area (Å²) < 4.78 is 30.0. The molecule has 0 saturated carbocycles. The molecule has 0 bridgehead atoms. The van der Waals surface area contributed by atoms with Gasteiger partial charge in [0.05, 0.1) is 19.8 Å². The van der Waals surface area contributed by atoms with Crippen LogP contribution in [0.15, 0.2) is 18.2 Å². The van der Waals surface area contributed by atoms with Crippen molar-refractivity contribution in [2.24, 2.45) is 5.92 Å². The van der Waals surface area contributed by atoms with Gasteiger partial charge < -0.3 is 19.1 Å². The molecule has 2 aliphatic rings. The summed E-state index contributed by atoms with van der Waals surface area (Å²) in [4.78, 5) is 4.99. The Kier molecular flexibility index (Phi) is 8.52. The number of hydrogen-bond acceptors (Lipinski definition) is 5. The molecule has 158 valence electrons. The summed E-state index contributed by atoms with van der Waals surface area (Å²) in [5, 5.41) is 0. The first-order valence-electron chi connectivity index (χ1n) is 10.6. The Labute approximate surface area is 168 Å². The fourth-order valence-electron chi connectivity index (χ4n) is 4.32. The number of rotatable bonds is 10. The summed E-state index contributed by atoms with van der Waals surface area (Å²) in [6.07, 6.45) is 5.06. The van der Waals surface area contributed by atoms with Gasteiger partial charge in [-0.3, -0.25) is 4.90 Å². The largest absolute Gasteiger partial charge is 0.494 e.